The van der Waals surface area contributed by atoms with Crippen LogP contribution in [0.5, 0.6) is 5.75 Å². The van der Waals surface area contributed by atoms with Gasteiger partial charge in [0.05, 0.1) is 12.3 Å². The maximum absolute atomic E-state index is 8.63. The van der Waals surface area contributed by atoms with E-state index < -0.39 is 0 Å². The van der Waals surface area contributed by atoms with Gasteiger partial charge in [-0.15, -0.1) is 0 Å². The first-order valence-corrected chi connectivity index (χ1v) is 6.57. The molecule has 0 aliphatic heterocycles. The van der Waals surface area contributed by atoms with Crippen LogP contribution in [0.1, 0.15) is 18.2 Å². The number of hydrogen-bond donors (Lipinski definition) is 1. The summed E-state index contributed by atoms with van der Waals surface area (Å²) < 4.78 is 5.68. The Morgan fingerprint density at radius 2 is 2.00 bits per heavy atom. The van der Waals surface area contributed by atoms with Gasteiger partial charge in [0, 0.05) is 24.7 Å². The Morgan fingerprint density at radius 3 is 2.65 bits per heavy atom. The lowest BCUT2D eigenvalue weighted by atomic mass is 10.1. The van der Waals surface area contributed by atoms with E-state index in [1.165, 1.54) is 0 Å². The summed E-state index contributed by atoms with van der Waals surface area (Å²) in [7, 11) is 0. The van der Waals surface area contributed by atoms with Crippen LogP contribution in [0.15, 0.2) is 53.8 Å². The smallest absolute Gasteiger partial charge is 0.119 e. The largest absolute Gasteiger partial charge is 0.493 e. The zero-order chi connectivity index (χ0) is 14.2. The van der Waals surface area contributed by atoms with Crippen molar-refractivity contribution in [3.05, 3.63) is 59.9 Å². The lowest BCUT2D eigenvalue weighted by molar-refractivity contribution is 0.317. The molecule has 0 bridgehead atoms. The Labute approximate surface area is 118 Å². The van der Waals surface area contributed by atoms with Crippen molar-refractivity contribution in [2.24, 2.45) is 5.16 Å². The average molecular weight is 270 g/mol. The van der Waals surface area contributed by atoms with Crippen molar-refractivity contribution >= 4 is 5.71 Å². The third-order valence-electron chi connectivity index (χ3n) is 2.91. The van der Waals surface area contributed by atoms with Gasteiger partial charge in [0.1, 0.15) is 5.75 Å². The van der Waals surface area contributed by atoms with Crippen molar-refractivity contribution in [3.63, 3.8) is 0 Å². The summed E-state index contributed by atoms with van der Waals surface area (Å²) in [6.07, 6.45) is 3.22. The van der Waals surface area contributed by atoms with E-state index in [2.05, 4.69) is 10.1 Å². The minimum absolute atomic E-state index is 0.605. The van der Waals surface area contributed by atoms with Gasteiger partial charge in [0.25, 0.3) is 0 Å². The fraction of sp³-hybridized carbons (Fsp3) is 0.250. The molecule has 0 fully saturated rings. The summed E-state index contributed by atoms with van der Waals surface area (Å²) >= 11 is 0. The second kappa shape index (κ2) is 7.28. The number of aromatic nitrogens is 1. The maximum Gasteiger partial charge on any atom is 0.119 e. The van der Waals surface area contributed by atoms with Gasteiger partial charge >= 0.3 is 0 Å². The normalized spacial score (nSPS) is 11.3. The first-order valence-electron chi connectivity index (χ1n) is 6.57. The molecule has 104 valence electrons. The molecule has 20 heavy (non-hydrogen) atoms. The monoisotopic (exact) mass is 270 g/mol. The van der Waals surface area contributed by atoms with Gasteiger partial charge in [-0.25, -0.2) is 0 Å². The van der Waals surface area contributed by atoms with E-state index in [1.807, 2.05) is 42.5 Å². The molecule has 0 atom stereocenters. The van der Waals surface area contributed by atoms with Gasteiger partial charge < -0.3 is 9.94 Å². The predicted octanol–water partition coefficient (Wildman–Crippen LogP) is 3.10. The molecule has 0 aliphatic carbocycles. The topological polar surface area (TPSA) is 54.7 Å². The van der Waals surface area contributed by atoms with E-state index in [-0.39, 0.29) is 0 Å². The van der Waals surface area contributed by atoms with Crippen LogP contribution in [0.2, 0.25) is 0 Å². The lowest BCUT2D eigenvalue weighted by Crippen LogP contribution is -2.03. The number of oxime groups is 1. The van der Waals surface area contributed by atoms with E-state index in [4.69, 9.17) is 9.94 Å². The SMILES string of the molecule is C/C(Cc1ccc(OCCc2ccccn2)cc1)=N/O. The molecule has 0 saturated carbocycles. The Balaban J connectivity index is 1.82. The quantitative estimate of drug-likeness (QED) is 0.498. The number of nitrogens with zero attached hydrogens (tertiary/aromatic N) is 2. The molecule has 0 radical (unpaired) electrons. The first kappa shape index (κ1) is 14.1. The van der Waals surface area contributed by atoms with E-state index >= 15 is 0 Å². The minimum atomic E-state index is 0.605. The van der Waals surface area contributed by atoms with Crippen LogP contribution < -0.4 is 4.74 Å². The number of ether oxygens (including phenoxy) is 1. The molecule has 1 aromatic heterocycles. The van der Waals surface area contributed by atoms with E-state index in [9.17, 15) is 0 Å². The van der Waals surface area contributed by atoms with Gasteiger partial charge in [0.2, 0.25) is 0 Å². The maximum atomic E-state index is 8.63. The first-order chi connectivity index (χ1) is 9.78. The van der Waals surface area contributed by atoms with Crippen molar-refractivity contribution in [1.82, 2.24) is 4.98 Å². The summed E-state index contributed by atoms with van der Waals surface area (Å²) in [4.78, 5) is 4.25. The van der Waals surface area contributed by atoms with E-state index in [1.54, 1.807) is 13.1 Å². The molecule has 2 aromatic rings. The van der Waals surface area contributed by atoms with Crippen molar-refractivity contribution in [1.29, 1.82) is 0 Å². The molecule has 4 nitrogen and oxygen atoms in total. The number of pyridine rings is 1. The Kier molecular flexibility index (Phi) is 5.12. The molecule has 0 unspecified atom stereocenters. The lowest BCUT2D eigenvalue weighted by Gasteiger charge is -2.07. The number of benzene rings is 1. The molecule has 1 aromatic carbocycles. The summed E-state index contributed by atoms with van der Waals surface area (Å²) in [5.41, 5.74) is 2.81. The van der Waals surface area contributed by atoms with Crippen LogP contribution in [0.4, 0.5) is 0 Å². The summed E-state index contributed by atoms with van der Waals surface area (Å²) in [5, 5.41) is 11.8. The molecular formula is C16H18N2O2. The van der Waals surface area contributed by atoms with Crippen molar-refractivity contribution in [3.8, 4) is 5.75 Å². The van der Waals surface area contributed by atoms with Crippen molar-refractivity contribution in [2.45, 2.75) is 19.8 Å². The Morgan fingerprint density at radius 1 is 1.20 bits per heavy atom. The molecular weight excluding hydrogens is 252 g/mol. The second-order valence-electron chi connectivity index (χ2n) is 4.58. The highest BCUT2D eigenvalue weighted by Gasteiger charge is 1.99. The van der Waals surface area contributed by atoms with Gasteiger partial charge in [0.15, 0.2) is 0 Å². The van der Waals surface area contributed by atoms with E-state index in [0.29, 0.717) is 18.7 Å². The summed E-state index contributed by atoms with van der Waals surface area (Å²) in [5.74, 6) is 0.836. The Hall–Kier alpha value is -2.36. The molecule has 1 heterocycles. The van der Waals surface area contributed by atoms with Crippen LogP contribution in [0.25, 0.3) is 0 Å². The minimum Gasteiger partial charge on any atom is -0.493 e. The van der Waals surface area contributed by atoms with Gasteiger partial charge in [-0.3, -0.25) is 4.98 Å². The number of hydrogen-bond acceptors (Lipinski definition) is 4. The highest BCUT2D eigenvalue weighted by molar-refractivity contribution is 5.83. The van der Waals surface area contributed by atoms with Crippen LogP contribution in [0, 0.1) is 0 Å². The zero-order valence-electron chi connectivity index (χ0n) is 11.5. The third-order valence-corrected chi connectivity index (χ3v) is 2.91. The molecule has 2 rings (SSSR count). The van der Waals surface area contributed by atoms with Crippen molar-refractivity contribution in [2.75, 3.05) is 6.61 Å². The van der Waals surface area contributed by atoms with Crippen LogP contribution >= 0.6 is 0 Å². The van der Waals surface area contributed by atoms with Crippen LogP contribution in [-0.4, -0.2) is 22.5 Å². The zero-order valence-corrected chi connectivity index (χ0v) is 11.5. The van der Waals surface area contributed by atoms with Crippen molar-refractivity contribution < 1.29 is 9.94 Å². The number of rotatable bonds is 6. The average Bonchev–Trinajstić information content (AvgIpc) is 2.50. The summed E-state index contributed by atoms with van der Waals surface area (Å²) in [6.45, 7) is 2.39. The molecule has 0 saturated heterocycles. The third kappa shape index (κ3) is 4.39. The molecule has 0 aliphatic rings. The van der Waals surface area contributed by atoms with Gasteiger partial charge in [-0.1, -0.05) is 23.4 Å². The fourth-order valence-corrected chi connectivity index (χ4v) is 1.85. The van der Waals surface area contributed by atoms with Gasteiger partial charge in [-0.2, -0.15) is 0 Å². The highest BCUT2D eigenvalue weighted by Crippen LogP contribution is 2.13. The summed E-state index contributed by atoms with van der Waals surface area (Å²) in [6, 6.07) is 13.7. The molecule has 0 amide bonds. The van der Waals surface area contributed by atoms with Gasteiger partial charge in [-0.05, 0) is 36.8 Å². The molecule has 0 spiro atoms. The Bertz CT molecular complexity index is 550. The standard InChI is InChI=1S/C16H18N2O2/c1-13(18-19)12-14-5-7-16(8-6-14)20-11-9-15-4-2-3-10-17-15/h2-8,10,19H,9,11-12H2,1H3/b18-13-. The predicted molar refractivity (Wildman–Crippen MR) is 78.5 cm³/mol. The van der Waals surface area contributed by atoms with Crippen LogP contribution in [-0.2, 0) is 12.8 Å². The second-order valence-corrected chi connectivity index (χ2v) is 4.58. The fourth-order valence-electron chi connectivity index (χ4n) is 1.85. The van der Waals surface area contributed by atoms with Crippen LogP contribution in [0.3, 0.4) is 0 Å². The molecule has 1 N–H and O–H groups in total. The highest BCUT2D eigenvalue weighted by atomic mass is 16.5. The molecule has 4 heteroatoms. The van der Waals surface area contributed by atoms with E-state index in [0.717, 1.165) is 23.4 Å².